The van der Waals surface area contributed by atoms with E-state index in [1.807, 2.05) is 37.3 Å². The Bertz CT molecular complexity index is 685. The van der Waals surface area contributed by atoms with E-state index in [1.165, 1.54) is 0 Å². The summed E-state index contributed by atoms with van der Waals surface area (Å²) in [5, 5.41) is 15.6. The van der Waals surface area contributed by atoms with E-state index in [1.54, 1.807) is 12.1 Å². The molecule has 3 N–H and O–H groups in total. The van der Waals surface area contributed by atoms with Gasteiger partial charge in [0.2, 0.25) is 0 Å². The van der Waals surface area contributed by atoms with Crippen LogP contribution >= 0.6 is 0 Å². The molecule has 5 nitrogen and oxygen atoms in total. The first-order valence-electron chi connectivity index (χ1n) is 6.74. The molecule has 108 valence electrons. The van der Waals surface area contributed by atoms with Crippen molar-refractivity contribution in [3.63, 3.8) is 0 Å². The van der Waals surface area contributed by atoms with E-state index in [9.17, 15) is 9.90 Å². The molecule has 5 heteroatoms. The Morgan fingerprint density at radius 3 is 2.95 bits per heavy atom. The number of nitrogens with one attached hydrogen (secondary N) is 2. The highest BCUT2D eigenvalue weighted by atomic mass is 16.5. The number of hydrogen-bond donors (Lipinski definition) is 3. The maximum atomic E-state index is 11.3. The summed E-state index contributed by atoms with van der Waals surface area (Å²) < 4.78 is 5.32. The molecule has 0 aromatic heterocycles. The molecule has 0 radical (unpaired) electrons. The number of rotatable bonds is 3. The Balaban J connectivity index is 1.79. The number of fused-ring (bicyclic) bond motifs is 1. The minimum atomic E-state index is -0.152. The van der Waals surface area contributed by atoms with Crippen molar-refractivity contribution in [2.75, 3.05) is 17.2 Å². The second-order valence-electron chi connectivity index (χ2n) is 5.01. The summed E-state index contributed by atoms with van der Waals surface area (Å²) in [6.45, 7) is 2.06. The van der Waals surface area contributed by atoms with Gasteiger partial charge in [0.15, 0.2) is 6.61 Å². The Morgan fingerprint density at radius 1 is 1.29 bits per heavy atom. The van der Waals surface area contributed by atoms with Crippen LogP contribution in [0, 0.1) is 0 Å². The van der Waals surface area contributed by atoms with Crippen LogP contribution < -0.4 is 15.4 Å². The number of phenols is 1. The first-order valence-corrected chi connectivity index (χ1v) is 6.74. The first kappa shape index (κ1) is 13.3. The molecule has 1 atom stereocenters. The van der Waals surface area contributed by atoms with Crippen LogP contribution in [0.1, 0.15) is 18.5 Å². The number of amides is 1. The van der Waals surface area contributed by atoms with Gasteiger partial charge in [-0.1, -0.05) is 12.1 Å². The third kappa shape index (κ3) is 2.91. The highest BCUT2D eigenvalue weighted by molar-refractivity contribution is 5.96. The number of phenolic OH excluding ortho intramolecular Hbond substituents is 1. The second-order valence-corrected chi connectivity index (χ2v) is 5.01. The first-order chi connectivity index (χ1) is 10.1. The number of anilines is 2. The largest absolute Gasteiger partial charge is 0.508 e. The van der Waals surface area contributed by atoms with Crippen molar-refractivity contribution in [3.8, 4) is 11.5 Å². The molecule has 1 aliphatic rings. The third-order valence-corrected chi connectivity index (χ3v) is 3.37. The van der Waals surface area contributed by atoms with Gasteiger partial charge in [-0.3, -0.25) is 4.79 Å². The van der Waals surface area contributed by atoms with E-state index in [2.05, 4.69) is 10.6 Å². The predicted octanol–water partition coefficient (Wildman–Crippen LogP) is 2.90. The molecular formula is C16H16N2O3. The Morgan fingerprint density at radius 2 is 2.14 bits per heavy atom. The van der Waals surface area contributed by atoms with Gasteiger partial charge >= 0.3 is 0 Å². The summed E-state index contributed by atoms with van der Waals surface area (Å²) in [7, 11) is 0. The van der Waals surface area contributed by atoms with Gasteiger partial charge in [0.05, 0.1) is 5.69 Å². The quantitative estimate of drug-likeness (QED) is 0.810. The standard InChI is InChI=1S/C16H16N2O3/c1-10(11-3-2-4-13(19)7-11)17-12-5-6-15-14(8-12)18-16(20)9-21-15/h2-8,10,17,19H,9H2,1H3,(H,18,20). The highest BCUT2D eigenvalue weighted by Crippen LogP contribution is 2.32. The second kappa shape index (κ2) is 5.36. The maximum absolute atomic E-state index is 11.3. The lowest BCUT2D eigenvalue weighted by Gasteiger charge is -2.21. The summed E-state index contributed by atoms with van der Waals surface area (Å²) in [5.41, 5.74) is 2.52. The van der Waals surface area contributed by atoms with E-state index >= 15 is 0 Å². The molecule has 21 heavy (non-hydrogen) atoms. The zero-order valence-corrected chi connectivity index (χ0v) is 11.6. The molecule has 0 bridgehead atoms. The van der Waals surface area contributed by atoms with Gasteiger partial charge in [-0.15, -0.1) is 0 Å². The number of benzene rings is 2. The third-order valence-electron chi connectivity index (χ3n) is 3.37. The van der Waals surface area contributed by atoms with E-state index < -0.39 is 0 Å². The summed E-state index contributed by atoms with van der Waals surface area (Å²) in [4.78, 5) is 11.3. The molecule has 2 aromatic carbocycles. The lowest BCUT2D eigenvalue weighted by Crippen LogP contribution is -2.25. The molecule has 0 spiro atoms. The zero-order chi connectivity index (χ0) is 14.8. The van der Waals surface area contributed by atoms with Gasteiger partial charge < -0.3 is 20.5 Å². The number of carbonyl (C=O) groups is 1. The van der Waals surface area contributed by atoms with Crippen LogP contribution in [-0.4, -0.2) is 17.6 Å². The zero-order valence-electron chi connectivity index (χ0n) is 11.6. The number of carbonyl (C=O) groups excluding carboxylic acids is 1. The van der Waals surface area contributed by atoms with Crippen LogP contribution in [0.15, 0.2) is 42.5 Å². The highest BCUT2D eigenvalue weighted by Gasteiger charge is 2.16. The van der Waals surface area contributed by atoms with Crippen LogP contribution in [0.2, 0.25) is 0 Å². The van der Waals surface area contributed by atoms with Gasteiger partial charge in [0.25, 0.3) is 5.91 Å². The van der Waals surface area contributed by atoms with Crippen molar-refractivity contribution in [2.24, 2.45) is 0 Å². The average Bonchev–Trinajstić information content (AvgIpc) is 2.46. The van der Waals surface area contributed by atoms with Gasteiger partial charge in [-0.05, 0) is 42.8 Å². The van der Waals surface area contributed by atoms with E-state index in [-0.39, 0.29) is 24.3 Å². The molecule has 1 aliphatic heterocycles. The molecule has 3 rings (SSSR count). The van der Waals surface area contributed by atoms with Crippen molar-refractivity contribution in [3.05, 3.63) is 48.0 Å². The van der Waals surface area contributed by atoms with Gasteiger partial charge in [0.1, 0.15) is 11.5 Å². The fraction of sp³-hybridized carbons (Fsp3) is 0.188. The van der Waals surface area contributed by atoms with Crippen LogP contribution in [0.4, 0.5) is 11.4 Å². The molecule has 1 unspecified atom stereocenters. The molecule has 1 amide bonds. The van der Waals surface area contributed by atoms with Crippen LogP contribution in [0.3, 0.4) is 0 Å². The smallest absolute Gasteiger partial charge is 0.262 e. The molecular weight excluding hydrogens is 268 g/mol. The minimum absolute atomic E-state index is 0.0235. The van der Waals surface area contributed by atoms with Crippen molar-refractivity contribution in [2.45, 2.75) is 13.0 Å². The average molecular weight is 284 g/mol. The summed E-state index contributed by atoms with van der Waals surface area (Å²) in [5.74, 6) is 0.762. The molecule has 1 heterocycles. The van der Waals surface area contributed by atoms with Crippen LogP contribution in [-0.2, 0) is 4.79 Å². The summed E-state index contributed by atoms with van der Waals surface area (Å²) in [6, 6.07) is 12.7. The Kier molecular flexibility index (Phi) is 3.39. The number of hydrogen-bond acceptors (Lipinski definition) is 4. The van der Waals surface area contributed by atoms with E-state index in [0.717, 1.165) is 11.3 Å². The maximum Gasteiger partial charge on any atom is 0.262 e. The van der Waals surface area contributed by atoms with Gasteiger partial charge in [-0.25, -0.2) is 0 Å². The molecule has 0 saturated carbocycles. The number of aromatic hydroxyl groups is 1. The molecule has 0 aliphatic carbocycles. The van der Waals surface area contributed by atoms with E-state index in [0.29, 0.717) is 11.4 Å². The van der Waals surface area contributed by atoms with Gasteiger partial charge in [-0.2, -0.15) is 0 Å². The fourth-order valence-corrected chi connectivity index (χ4v) is 2.30. The van der Waals surface area contributed by atoms with Crippen LogP contribution in [0.25, 0.3) is 0 Å². The van der Waals surface area contributed by atoms with Crippen molar-refractivity contribution in [1.82, 2.24) is 0 Å². The molecule has 0 fully saturated rings. The van der Waals surface area contributed by atoms with Crippen molar-refractivity contribution >= 4 is 17.3 Å². The summed E-state index contributed by atoms with van der Waals surface area (Å²) >= 11 is 0. The fourth-order valence-electron chi connectivity index (χ4n) is 2.30. The lowest BCUT2D eigenvalue weighted by atomic mass is 10.1. The Hall–Kier alpha value is -2.69. The molecule has 0 saturated heterocycles. The predicted molar refractivity (Wildman–Crippen MR) is 80.7 cm³/mol. The van der Waals surface area contributed by atoms with Crippen LogP contribution in [0.5, 0.6) is 11.5 Å². The Labute approximate surface area is 122 Å². The normalized spacial score (nSPS) is 14.6. The van der Waals surface area contributed by atoms with Gasteiger partial charge in [0, 0.05) is 11.7 Å². The minimum Gasteiger partial charge on any atom is -0.508 e. The lowest BCUT2D eigenvalue weighted by molar-refractivity contribution is -0.118. The SMILES string of the molecule is CC(Nc1ccc2c(c1)NC(=O)CO2)c1cccc(O)c1. The monoisotopic (exact) mass is 284 g/mol. The number of ether oxygens (including phenoxy) is 1. The van der Waals surface area contributed by atoms with Crippen molar-refractivity contribution < 1.29 is 14.6 Å². The summed E-state index contributed by atoms with van der Waals surface area (Å²) in [6.07, 6.45) is 0. The topological polar surface area (TPSA) is 70.6 Å². The molecule has 2 aromatic rings. The van der Waals surface area contributed by atoms with Crippen molar-refractivity contribution in [1.29, 1.82) is 0 Å². The van der Waals surface area contributed by atoms with E-state index in [4.69, 9.17) is 4.74 Å².